The van der Waals surface area contributed by atoms with Crippen molar-refractivity contribution in [3.8, 4) is 11.6 Å². The Hall–Kier alpha value is -4.13. The van der Waals surface area contributed by atoms with E-state index in [4.69, 9.17) is 14.0 Å². The van der Waals surface area contributed by atoms with E-state index in [2.05, 4.69) is 15.5 Å². The van der Waals surface area contributed by atoms with E-state index >= 15 is 0 Å². The molecule has 174 valence electrons. The minimum Gasteiger partial charge on any atom is -0.489 e. The number of pyridine rings is 1. The van der Waals surface area contributed by atoms with Gasteiger partial charge in [0, 0.05) is 18.8 Å². The van der Waals surface area contributed by atoms with Crippen LogP contribution in [0.2, 0.25) is 0 Å². The van der Waals surface area contributed by atoms with E-state index in [1.807, 2.05) is 80.6 Å². The minimum atomic E-state index is -0.0621. The number of rotatable bonds is 10. The molecule has 4 rings (SSSR count). The molecule has 0 spiro atoms. The summed E-state index contributed by atoms with van der Waals surface area (Å²) in [5, 5.41) is 6.88. The van der Waals surface area contributed by atoms with Gasteiger partial charge in [-0.1, -0.05) is 47.6 Å². The van der Waals surface area contributed by atoms with Crippen molar-refractivity contribution in [2.75, 3.05) is 0 Å². The van der Waals surface area contributed by atoms with Crippen LogP contribution >= 0.6 is 0 Å². The molecule has 0 atom stereocenters. The number of aryl methyl sites for hydroxylation is 2. The van der Waals surface area contributed by atoms with Crippen LogP contribution in [0.15, 0.2) is 77.4 Å². The summed E-state index contributed by atoms with van der Waals surface area (Å²) in [5.74, 6) is 1.95. The van der Waals surface area contributed by atoms with Crippen LogP contribution in [-0.2, 0) is 31.0 Å². The first-order valence-corrected chi connectivity index (χ1v) is 11.1. The van der Waals surface area contributed by atoms with Gasteiger partial charge in [-0.25, -0.2) is 4.98 Å². The molecule has 7 heteroatoms. The highest BCUT2D eigenvalue weighted by molar-refractivity contribution is 5.78. The molecule has 0 aliphatic rings. The van der Waals surface area contributed by atoms with Crippen molar-refractivity contribution < 1.29 is 18.8 Å². The fourth-order valence-corrected chi connectivity index (χ4v) is 3.39. The summed E-state index contributed by atoms with van der Waals surface area (Å²) in [4.78, 5) is 16.7. The Morgan fingerprint density at radius 1 is 0.912 bits per heavy atom. The maximum Gasteiger partial charge on any atom is 0.224 e. The molecule has 0 saturated carbocycles. The molecular weight excluding hydrogens is 430 g/mol. The summed E-state index contributed by atoms with van der Waals surface area (Å²) < 4.78 is 16.7. The lowest BCUT2D eigenvalue weighted by Crippen LogP contribution is -2.24. The predicted octanol–water partition coefficient (Wildman–Crippen LogP) is 4.70. The summed E-state index contributed by atoms with van der Waals surface area (Å²) >= 11 is 0. The topological polar surface area (TPSA) is 86.5 Å². The molecule has 4 aromatic rings. The van der Waals surface area contributed by atoms with Gasteiger partial charge in [0.2, 0.25) is 11.8 Å². The molecule has 2 heterocycles. The summed E-state index contributed by atoms with van der Waals surface area (Å²) in [6.07, 6.45) is 1.97. The highest BCUT2D eigenvalue weighted by Gasteiger charge is 2.10. The second kappa shape index (κ2) is 11.1. The van der Waals surface area contributed by atoms with Crippen LogP contribution in [-0.4, -0.2) is 16.0 Å². The van der Waals surface area contributed by atoms with Crippen molar-refractivity contribution in [3.05, 3.63) is 107 Å². The van der Waals surface area contributed by atoms with Crippen molar-refractivity contribution in [3.63, 3.8) is 0 Å². The zero-order valence-corrected chi connectivity index (χ0v) is 19.3. The first-order chi connectivity index (χ1) is 16.6. The average Bonchev–Trinajstić information content (AvgIpc) is 3.19. The Morgan fingerprint density at radius 3 is 2.44 bits per heavy atom. The average molecular weight is 458 g/mol. The standard InChI is InChI=1S/C27H27N3O4/c1-19-25(20(2)34-30-19)18-32-24-10-8-21(9-11-24)14-26(31)29-16-23-12-13-28-27(15-23)33-17-22-6-4-3-5-7-22/h3-13,15H,14,16-18H2,1-2H3,(H,29,31). The van der Waals surface area contributed by atoms with Crippen LogP contribution in [0.5, 0.6) is 11.6 Å². The summed E-state index contributed by atoms with van der Waals surface area (Å²) in [6.45, 7) is 5.00. The van der Waals surface area contributed by atoms with Crippen LogP contribution in [0.4, 0.5) is 0 Å². The minimum absolute atomic E-state index is 0.0621. The largest absolute Gasteiger partial charge is 0.489 e. The summed E-state index contributed by atoms with van der Waals surface area (Å²) in [6, 6.07) is 21.1. The number of amides is 1. The van der Waals surface area contributed by atoms with Gasteiger partial charge in [0.25, 0.3) is 0 Å². The number of ether oxygens (including phenoxy) is 2. The van der Waals surface area contributed by atoms with Gasteiger partial charge >= 0.3 is 0 Å². The number of benzene rings is 2. The van der Waals surface area contributed by atoms with Gasteiger partial charge < -0.3 is 19.3 Å². The Balaban J connectivity index is 1.23. The maximum atomic E-state index is 12.4. The molecule has 0 aliphatic carbocycles. The molecule has 1 N–H and O–H groups in total. The van der Waals surface area contributed by atoms with Gasteiger partial charge in [0.05, 0.1) is 17.7 Å². The Bertz CT molecular complexity index is 1200. The second-order valence-electron chi connectivity index (χ2n) is 7.97. The van der Waals surface area contributed by atoms with Crippen LogP contribution in [0.1, 0.15) is 33.7 Å². The second-order valence-corrected chi connectivity index (χ2v) is 7.97. The van der Waals surface area contributed by atoms with Gasteiger partial charge in [0.15, 0.2) is 0 Å². The van der Waals surface area contributed by atoms with E-state index in [1.54, 1.807) is 6.20 Å². The molecular formula is C27H27N3O4. The SMILES string of the molecule is Cc1noc(C)c1COc1ccc(CC(=O)NCc2ccnc(OCc3ccccc3)c2)cc1. The molecule has 0 radical (unpaired) electrons. The van der Waals surface area contributed by atoms with Gasteiger partial charge in [-0.05, 0) is 48.7 Å². The highest BCUT2D eigenvalue weighted by atomic mass is 16.5. The Morgan fingerprint density at radius 2 is 1.71 bits per heavy atom. The van der Waals surface area contributed by atoms with E-state index in [9.17, 15) is 4.79 Å². The van der Waals surface area contributed by atoms with Crippen molar-refractivity contribution >= 4 is 5.91 Å². The van der Waals surface area contributed by atoms with Crippen LogP contribution in [0.25, 0.3) is 0 Å². The highest BCUT2D eigenvalue weighted by Crippen LogP contribution is 2.18. The fraction of sp³-hybridized carbons (Fsp3) is 0.222. The van der Waals surface area contributed by atoms with Gasteiger partial charge in [-0.15, -0.1) is 0 Å². The van der Waals surface area contributed by atoms with E-state index in [-0.39, 0.29) is 12.3 Å². The van der Waals surface area contributed by atoms with Crippen LogP contribution in [0.3, 0.4) is 0 Å². The molecule has 0 bridgehead atoms. The summed E-state index contributed by atoms with van der Waals surface area (Å²) in [5.41, 5.74) is 4.68. The van der Waals surface area contributed by atoms with Crippen molar-refractivity contribution in [2.45, 2.75) is 40.0 Å². The van der Waals surface area contributed by atoms with Gasteiger partial charge in [-0.3, -0.25) is 4.79 Å². The predicted molar refractivity (Wildman–Crippen MR) is 127 cm³/mol. The molecule has 1 amide bonds. The monoisotopic (exact) mass is 457 g/mol. The third kappa shape index (κ3) is 6.45. The first-order valence-electron chi connectivity index (χ1n) is 11.1. The lowest BCUT2D eigenvalue weighted by molar-refractivity contribution is -0.120. The zero-order chi connectivity index (χ0) is 23.8. The summed E-state index contributed by atoms with van der Waals surface area (Å²) in [7, 11) is 0. The Labute approximate surface area is 198 Å². The van der Waals surface area contributed by atoms with Gasteiger partial charge in [-0.2, -0.15) is 0 Å². The van der Waals surface area contributed by atoms with Crippen molar-refractivity contribution in [1.29, 1.82) is 0 Å². The molecule has 2 aromatic heterocycles. The Kier molecular flexibility index (Phi) is 7.55. The number of nitrogens with one attached hydrogen (secondary N) is 1. The number of carbonyl (C=O) groups is 1. The number of hydrogen-bond donors (Lipinski definition) is 1. The van der Waals surface area contributed by atoms with E-state index in [0.29, 0.717) is 25.6 Å². The quantitative estimate of drug-likeness (QED) is 0.371. The van der Waals surface area contributed by atoms with Gasteiger partial charge in [0.1, 0.15) is 24.7 Å². The molecule has 7 nitrogen and oxygen atoms in total. The molecule has 0 saturated heterocycles. The molecule has 34 heavy (non-hydrogen) atoms. The van der Waals surface area contributed by atoms with Crippen molar-refractivity contribution in [2.24, 2.45) is 0 Å². The number of hydrogen-bond acceptors (Lipinski definition) is 6. The van der Waals surface area contributed by atoms with Crippen LogP contribution in [0, 0.1) is 13.8 Å². The maximum absolute atomic E-state index is 12.4. The molecule has 0 aliphatic heterocycles. The fourth-order valence-electron chi connectivity index (χ4n) is 3.39. The van der Waals surface area contributed by atoms with E-state index in [1.165, 1.54) is 0 Å². The van der Waals surface area contributed by atoms with E-state index in [0.717, 1.165) is 39.5 Å². The molecule has 0 fully saturated rings. The third-order valence-corrected chi connectivity index (χ3v) is 5.37. The van der Waals surface area contributed by atoms with Crippen molar-refractivity contribution in [1.82, 2.24) is 15.5 Å². The lowest BCUT2D eigenvalue weighted by atomic mass is 10.1. The number of aromatic nitrogens is 2. The zero-order valence-electron chi connectivity index (χ0n) is 19.3. The lowest BCUT2D eigenvalue weighted by Gasteiger charge is -2.09. The first kappa shape index (κ1) is 23.0. The smallest absolute Gasteiger partial charge is 0.224 e. The molecule has 2 aromatic carbocycles. The number of nitrogens with zero attached hydrogens (tertiary/aromatic N) is 2. The normalized spacial score (nSPS) is 10.6. The third-order valence-electron chi connectivity index (χ3n) is 5.37. The van der Waals surface area contributed by atoms with Crippen LogP contribution < -0.4 is 14.8 Å². The van der Waals surface area contributed by atoms with E-state index < -0.39 is 0 Å². The number of carbonyl (C=O) groups excluding carboxylic acids is 1. The molecule has 0 unspecified atom stereocenters.